The van der Waals surface area contributed by atoms with Gasteiger partial charge < -0.3 is 19.4 Å². The molecule has 0 saturated heterocycles. The van der Waals surface area contributed by atoms with Gasteiger partial charge in [-0.25, -0.2) is 29.5 Å². The number of hydrogen-bond donors (Lipinski definition) is 3. The summed E-state index contributed by atoms with van der Waals surface area (Å²) >= 11 is 0. The number of anilines is 3. The lowest BCUT2D eigenvalue weighted by Gasteiger charge is -2.24. The molecule has 0 fully saturated rings. The Morgan fingerprint density at radius 1 is 0.783 bits per heavy atom. The Labute approximate surface area is 260 Å². The molecule has 7 rings (SSSR count). The van der Waals surface area contributed by atoms with Gasteiger partial charge in [0.15, 0.2) is 29.0 Å². The van der Waals surface area contributed by atoms with Gasteiger partial charge in [0.1, 0.15) is 17.6 Å². The maximum absolute atomic E-state index is 14.3. The number of aromatic amines is 2. The topological polar surface area (TPSA) is 177 Å². The molecule has 0 unspecified atom stereocenters. The second-order valence-corrected chi connectivity index (χ2v) is 9.83. The van der Waals surface area contributed by atoms with Crippen LogP contribution in [0.25, 0.3) is 22.3 Å². The number of rotatable bonds is 8. The number of carbonyl (C=O) groups is 2. The van der Waals surface area contributed by atoms with E-state index in [4.69, 9.17) is 9.47 Å². The molecule has 0 aliphatic rings. The quantitative estimate of drug-likeness (QED) is 0.195. The fourth-order valence-corrected chi connectivity index (χ4v) is 4.74. The molecule has 1 radical (unpaired) electrons. The molecule has 0 aliphatic carbocycles. The van der Waals surface area contributed by atoms with Crippen LogP contribution in [0.2, 0.25) is 0 Å². The van der Waals surface area contributed by atoms with Crippen molar-refractivity contribution in [2.24, 2.45) is 0 Å². The van der Waals surface area contributed by atoms with Gasteiger partial charge in [-0.2, -0.15) is 14.9 Å². The first-order chi connectivity index (χ1) is 22.6. The molecule has 7 aromatic rings. The lowest BCUT2D eigenvalue weighted by molar-refractivity contribution is 0.126. The molecule has 0 atom stereocenters. The Morgan fingerprint density at radius 2 is 1.41 bits per heavy atom. The maximum atomic E-state index is 14.3. The van der Waals surface area contributed by atoms with E-state index in [0.29, 0.717) is 11.0 Å². The molecule has 46 heavy (non-hydrogen) atoms. The predicted octanol–water partition coefficient (Wildman–Crippen LogP) is 5.63. The molecular weight excluding hydrogens is 588 g/mol. The van der Waals surface area contributed by atoms with Crippen LogP contribution in [0, 0.1) is 6.33 Å². The van der Waals surface area contributed by atoms with E-state index in [9.17, 15) is 9.59 Å². The summed E-state index contributed by atoms with van der Waals surface area (Å²) in [5.41, 5.74) is 3.27. The van der Waals surface area contributed by atoms with Crippen LogP contribution in [-0.2, 0) is 16.1 Å². The minimum atomic E-state index is -0.881. The smallest absolute Gasteiger partial charge is 0.423 e. The molecule has 0 bridgehead atoms. The van der Waals surface area contributed by atoms with Gasteiger partial charge in [-0.15, -0.1) is 0 Å². The van der Waals surface area contributed by atoms with Gasteiger partial charge in [-0.05, 0) is 16.7 Å². The predicted molar refractivity (Wildman–Crippen MR) is 166 cm³/mol. The molecule has 14 nitrogen and oxygen atoms in total. The lowest BCUT2D eigenvalue weighted by Crippen LogP contribution is -2.31. The SMILES string of the molecule is O=C(Nc1nc(N(C(=O)OC(c2ccccc2)c2ccccc2)c2n[c]nc3nc[nH]c23)nc2nc[nH]c12)OCc1ccccc1. The normalized spacial score (nSPS) is 11.1. The molecular formula is C32H23N10O4. The van der Waals surface area contributed by atoms with Crippen LogP contribution < -0.4 is 10.2 Å². The summed E-state index contributed by atoms with van der Waals surface area (Å²) in [6.07, 6.45) is 2.85. The van der Waals surface area contributed by atoms with Crippen LogP contribution in [0.4, 0.5) is 27.2 Å². The summed E-state index contributed by atoms with van der Waals surface area (Å²) in [6.45, 7) is 0.0319. The number of nitrogens with one attached hydrogen (secondary N) is 3. The van der Waals surface area contributed by atoms with Gasteiger partial charge in [0, 0.05) is 0 Å². The summed E-state index contributed by atoms with van der Waals surface area (Å²) in [5, 5.41) is 2.63. The number of hydrogen-bond acceptors (Lipinski definition) is 10. The van der Waals surface area contributed by atoms with Gasteiger partial charge in [-0.1, -0.05) is 91.0 Å². The minimum Gasteiger partial charge on any atom is -0.444 e. The molecule has 4 heterocycles. The van der Waals surface area contributed by atoms with Gasteiger partial charge in [0.2, 0.25) is 12.3 Å². The number of benzene rings is 3. The maximum Gasteiger partial charge on any atom is 0.423 e. The van der Waals surface area contributed by atoms with Crippen molar-refractivity contribution >= 4 is 52.1 Å². The lowest BCUT2D eigenvalue weighted by atomic mass is 10.0. The van der Waals surface area contributed by atoms with Crippen molar-refractivity contribution < 1.29 is 19.1 Å². The average molecular weight is 612 g/mol. The molecule has 2 amide bonds. The number of amides is 2. The minimum absolute atomic E-state index is 0.00919. The van der Waals surface area contributed by atoms with Crippen molar-refractivity contribution in [3.05, 3.63) is 127 Å². The van der Waals surface area contributed by atoms with Gasteiger partial charge in [0.25, 0.3) is 0 Å². The molecule has 4 aromatic heterocycles. The largest absolute Gasteiger partial charge is 0.444 e. The van der Waals surface area contributed by atoms with Crippen molar-refractivity contribution in [2.75, 3.05) is 10.2 Å². The van der Waals surface area contributed by atoms with Crippen molar-refractivity contribution in [2.45, 2.75) is 12.7 Å². The average Bonchev–Trinajstić information content (AvgIpc) is 3.78. The third kappa shape index (κ3) is 5.77. The second kappa shape index (κ2) is 12.5. The van der Waals surface area contributed by atoms with E-state index in [0.717, 1.165) is 21.6 Å². The van der Waals surface area contributed by atoms with Crippen molar-refractivity contribution in [3.63, 3.8) is 0 Å². The zero-order valence-corrected chi connectivity index (χ0v) is 23.9. The van der Waals surface area contributed by atoms with E-state index in [1.807, 2.05) is 91.0 Å². The Bertz CT molecular complexity index is 2080. The van der Waals surface area contributed by atoms with E-state index in [1.165, 1.54) is 12.7 Å². The Balaban J connectivity index is 1.28. The summed E-state index contributed by atoms with van der Waals surface area (Å²) in [5.74, 6) is -0.180. The number of nitrogens with zero attached hydrogens (tertiary/aromatic N) is 7. The number of fused-ring (bicyclic) bond motifs is 2. The second-order valence-electron chi connectivity index (χ2n) is 9.83. The van der Waals surface area contributed by atoms with E-state index in [-0.39, 0.29) is 35.5 Å². The number of H-pyrrole nitrogens is 2. The Kier molecular flexibility index (Phi) is 7.63. The van der Waals surface area contributed by atoms with Crippen LogP contribution in [-0.4, -0.2) is 52.1 Å². The number of imidazole rings is 2. The summed E-state index contributed by atoms with van der Waals surface area (Å²) in [4.78, 5) is 59.8. The fraction of sp³-hybridized carbons (Fsp3) is 0.0625. The van der Waals surface area contributed by atoms with Gasteiger partial charge in [0.05, 0.1) is 12.7 Å². The molecule has 3 aromatic carbocycles. The molecule has 0 saturated carbocycles. The molecule has 0 aliphatic heterocycles. The first-order valence-corrected chi connectivity index (χ1v) is 14.0. The molecule has 0 spiro atoms. The van der Waals surface area contributed by atoms with Crippen LogP contribution >= 0.6 is 0 Å². The molecule has 225 valence electrons. The standard InChI is InChI=1S/C32H23N10O4/c43-31(45-16-20-10-4-1-5-11-20)41-28-23-27(37-17-33-23)39-30(40-28)42(29-24-26(35-18-34-24)36-19-38-29)32(44)46-25(21-12-6-2-7-13-21)22-14-8-3-9-15-22/h1-15,17-18,25H,16H2,(H,34,35,36,38)(H2,33,37,39,40,41,43). The molecule has 14 heteroatoms. The van der Waals surface area contributed by atoms with E-state index in [1.54, 1.807) is 0 Å². The monoisotopic (exact) mass is 611 g/mol. The Hall–Kier alpha value is -6.70. The van der Waals surface area contributed by atoms with E-state index >= 15 is 0 Å². The van der Waals surface area contributed by atoms with E-state index in [2.05, 4.69) is 51.5 Å². The first kappa shape index (κ1) is 28.1. The fourth-order valence-electron chi connectivity index (χ4n) is 4.74. The highest BCUT2D eigenvalue weighted by Gasteiger charge is 2.32. The van der Waals surface area contributed by atoms with Crippen molar-refractivity contribution in [1.29, 1.82) is 0 Å². The zero-order valence-electron chi connectivity index (χ0n) is 23.9. The van der Waals surface area contributed by atoms with Crippen molar-refractivity contribution in [1.82, 2.24) is 39.9 Å². The third-order valence-corrected chi connectivity index (χ3v) is 6.88. The highest BCUT2D eigenvalue weighted by atomic mass is 16.6. The third-order valence-electron chi connectivity index (χ3n) is 6.88. The van der Waals surface area contributed by atoms with Crippen LogP contribution in [0.5, 0.6) is 0 Å². The van der Waals surface area contributed by atoms with Crippen LogP contribution in [0.15, 0.2) is 104 Å². The highest BCUT2D eigenvalue weighted by molar-refractivity contribution is 6.02. The van der Waals surface area contributed by atoms with Crippen molar-refractivity contribution in [3.8, 4) is 0 Å². The Morgan fingerprint density at radius 3 is 2.11 bits per heavy atom. The number of aromatic nitrogens is 8. The van der Waals surface area contributed by atoms with Crippen LogP contribution in [0.3, 0.4) is 0 Å². The van der Waals surface area contributed by atoms with Gasteiger partial charge >= 0.3 is 12.2 Å². The number of carbonyl (C=O) groups excluding carboxylic acids is 2. The summed E-state index contributed by atoms with van der Waals surface area (Å²) in [7, 11) is 0. The zero-order chi connectivity index (χ0) is 31.3. The summed E-state index contributed by atoms with van der Waals surface area (Å²) < 4.78 is 11.6. The van der Waals surface area contributed by atoms with Gasteiger partial charge in [-0.3, -0.25) is 5.32 Å². The van der Waals surface area contributed by atoms with E-state index < -0.39 is 18.3 Å². The molecule has 3 N–H and O–H groups in total. The highest BCUT2D eigenvalue weighted by Crippen LogP contribution is 2.33. The summed E-state index contributed by atoms with van der Waals surface area (Å²) in [6, 6.07) is 27.8. The first-order valence-electron chi connectivity index (χ1n) is 14.0. The number of ether oxygens (including phenoxy) is 2. The van der Waals surface area contributed by atoms with Crippen LogP contribution in [0.1, 0.15) is 22.8 Å².